The van der Waals surface area contributed by atoms with Gasteiger partial charge in [-0.15, -0.1) is 24.0 Å². The molecule has 1 fully saturated rings. The molecule has 20 heavy (non-hydrogen) atoms. The van der Waals surface area contributed by atoms with E-state index >= 15 is 0 Å². The van der Waals surface area contributed by atoms with Gasteiger partial charge in [0.05, 0.1) is 13.2 Å². The van der Waals surface area contributed by atoms with Crippen molar-refractivity contribution in [3.05, 3.63) is 0 Å². The summed E-state index contributed by atoms with van der Waals surface area (Å²) >= 11 is 0. The summed E-state index contributed by atoms with van der Waals surface area (Å²) < 4.78 is 5.04. The molecule has 0 saturated carbocycles. The van der Waals surface area contributed by atoms with Crippen molar-refractivity contribution in [1.29, 1.82) is 0 Å². The number of rotatable bonds is 8. The molecular weight excluding hydrogens is 367 g/mol. The number of hydrogen-bond acceptors (Lipinski definition) is 3. The number of likely N-dealkylation sites (tertiary alicyclic amines) is 1. The van der Waals surface area contributed by atoms with Gasteiger partial charge < -0.3 is 15.4 Å². The summed E-state index contributed by atoms with van der Waals surface area (Å²) in [4.78, 5) is 7.27. The Hall–Kier alpha value is -0.0800. The summed E-state index contributed by atoms with van der Waals surface area (Å²) in [5, 5.41) is 6.56. The third-order valence-corrected chi connectivity index (χ3v) is 3.53. The fourth-order valence-corrected chi connectivity index (χ4v) is 2.42. The van der Waals surface area contributed by atoms with Crippen LogP contribution in [0.2, 0.25) is 0 Å². The van der Waals surface area contributed by atoms with Crippen molar-refractivity contribution >= 4 is 29.9 Å². The number of guanidine groups is 1. The minimum atomic E-state index is 0. The molecule has 0 aromatic heterocycles. The number of ether oxygens (including phenoxy) is 1. The van der Waals surface area contributed by atoms with E-state index in [1.165, 1.54) is 32.4 Å². The molecule has 5 nitrogen and oxygen atoms in total. The lowest BCUT2D eigenvalue weighted by atomic mass is 10.2. The second-order valence-corrected chi connectivity index (χ2v) is 4.94. The predicted molar refractivity (Wildman–Crippen MR) is 96.2 cm³/mol. The minimum absolute atomic E-state index is 0. The fourth-order valence-electron chi connectivity index (χ4n) is 2.42. The lowest BCUT2D eigenvalue weighted by molar-refractivity contribution is 0.203. The highest BCUT2D eigenvalue weighted by Gasteiger charge is 2.19. The summed E-state index contributed by atoms with van der Waals surface area (Å²) in [6.45, 7) is 10.1. The molecule has 0 aromatic carbocycles. The van der Waals surface area contributed by atoms with Crippen LogP contribution in [-0.4, -0.2) is 63.3 Å². The third-order valence-electron chi connectivity index (χ3n) is 3.53. The van der Waals surface area contributed by atoms with Crippen LogP contribution in [-0.2, 0) is 4.74 Å². The van der Waals surface area contributed by atoms with Gasteiger partial charge in [0.1, 0.15) is 0 Å². The van der Waals surface area contributed by atoms with Gasteiger partial charge in [0.15, 0.2) is 5.96 Å². The van der Waals surface area contributed by atoms with Gasteiger partial charge >= 0.3 is 0 Å². The monoisotopic (exact) mass is 398 g/mol. The first-order valence-corrected chi connectivity index (χ1v) is 7.57. The normalized spacial score (nSPS) is 17.6. The molecule has 1 aliphatic rings. The summed E-state index contributed by atoms with van der Waals surface area (Å²) in [5.41, 5.74) is 0. The highest BCUT2D eigenvalue weighted by atomic mass is 127. The lowest BCUT2D eigenvalue weighted by Crippen LogP contribution is -2.41. The van der Waals surface area contributed by atoms with Crippen LogP contribution in [0.3, 0.4) is 0 Å². The first-order chi connectivity index (χ1) is 9.31. The van der Waals surface area contributed by atoms with Gasteiger partial charge in [0, 0.05) is 26.2 Å². The average Bonchev–Trinajstić information content (AvgIpc) is 2.93. The first-order valence-electron chi connectivity index (χ1n) is 7.57. The van der Waals surface area contributed by atoms with E-state index in [-0.39, 0.29) is 24.0 Å². The molecule has 0 aromatic rings. The minimum Gasteiger partial charge on any atom is -0.383 e. The topological polar surface area (TPSA) is 48.9 Å². The van der Waals surface area contributed by atoms with Gasteiger partial charge in [0.2, 0.25) is 0 Å². The standard InChI is InChI=1S/C14H30N4O.HI/c1-4-13(18-9-6-7-10-18)12-17-14(15-5-2)16-8-11-19-3;/h13H,4-12H2,1-3H3,(H2,15,16,17);1H. The molecule has 1 aliphatic heterocycles. The van der Waals surface area contributed by atoms with Crippen LogP contribution in [0.25, 0.3) is 0 Å². The summed E-state index contributed by atoms with van der Waals surface area (Å²) in [6, 6.07) is 0.584. The molecule has 1 saturated heterocycles. The van der Waals surface area contributed by atoms with Crippen molar-refractivity contribution in [3.8, 4) is 0 Å². The van der Waals surface area contributed by atoms with Crippen LogP contribution in [0.4, 0.5) is 0 Å². The van der Waals surface area contributed by atoms with E-state index in [0.717, 1.165) is 25.6 Å². The Kier molecular flexibility index (Phi) is 12.6. The summed E-state index contributed by atoms with van der Waals surface area (Å²) in [5.74, 6) is 0.900. The maximum Gasteiger partial charge on any atom is 0.191 e. The second-order valence-electron chi connectivity index (χ2n) is 4.94. The predicted octanol–water partition coefficient (Wildman–Crippen LogP) is 1.68. The molecule has 2 N–H and O–H groups in total. The van der Waals surface area contributed by atoms with E-state index in [0.29, 0.717) is 12.6 Å². The number of methoxy groups -OCH3 is 1. The zero-order valence-corrected chi connectivity index (χ0v) is 15.5. The maximum absolute atomic E-state index is 5.04. The SMILES string of the molecule is CCNC(=NCC(CC)N1CCCC1)NCCOC.I. The smallest absolute Gasteiger partial charge is 0.191 e. The number of hydrogen-bond donors (Lipinski definition) is 2. The largest absolute Gasteiger partial charge is 0.383 e. The Balaban J connectivity index is 0.00000361. The van der Waals surface area contributed by atoms with Crippen molar-refractivity contribution in [3.63, 3.8) is 0 Å². The Bertz CT molecular complexity index is 258. The Morgan fingerprint density at radius 2 is 1.95 bits per heavy atom. The van der Waals surface area contributed by atoms with E-state index in [1.54, 1.807) is 7.11 Å². The Morgan fingerprint density at radius 1 is 1.25 bits per heavy atom. The van der Waals surface area contributed by atoms with E-state index in [9.17, 15) is 0 Å². The molecule has 1 unspecified atom stereocenters. The van der Waals surface area contributed by atoms with Crippen molar-refractivity contribution in [2.45, 2.75) is 39.2 Å². The van der Waals surface area contributed by atoms with Crippen LogP contribution in [0.5, 0.6) is 0 Å². The molecule has 1 heterocycles. The van der Waals surface area contributed by atoms with E-state index in [2.05, 4.69) is 29.4 Å². The first kappa shape index (κ1) is 19.9. The molecule has 0 aliphatic carbocycles. The fraction of sp³-hybridized carbons (Fsp3) is 0.929. The molecule has 1 rings (SSSR count). The molecule has 6 heteroatoms. The van der Waals surface area contributed by atoms with Crippen LogP contribution in [0.1, 0.15) is 33.1 Å². The molecular formula is C14H31IN4O. The zero-order valence-electron chi connectivity index (χ0n) is 13.2. The van der Waals surface area contributed by atoms with Crippen LogP contribution >= 0.6 is 24.0 Å². The number of halogens is 1. The Morgan fingerprint density at radius 3 is 2.50 bits per heavy atom. The van der Waals surface area contributed by atoms with Gasteiger partial charge in [-0.2, -0.15) is 0 Å². The molecule has 0 bridgehead atoms. The summed E-state index contributed by atoms with van der Waals surface area (Å²) in [7, 11) is 1.71. The Labute approximate surface area is 140 Å². The highest BCUT2D eigenvalue weighted by molar-refractivity contribution is 14.0. The molecule has 1 atom stereocenters. The van der Waals surface area contributed by atoms with Crippen molar-refractivity contribution in [2.75, 3.05) is 46.4 Å². The number of nitrogens with zero attached hydrogens (tertiary/aromatic N) is 2. The van der Waals surface area contributed by atoms with Crippen molar-refractivity contribution in [2.24, 2.45) is 4.99 Å². The third kappa shape index (κ3) is 7.64. The zero-order chi connectivity index (χ0) is 13.9. The van der Waals surface area contributed by atoms with E-state index < -0.39 is 0 Å². The van der Waals surface area contributed by atoms with E-state index in [1.807, 2.05) is 0 Å². The molecule has 120 valence electrons. The highest BCUT2D eigenvalue weighted by Crippen LogP contribution is 2.14. The van der Waals surface area contributed by atoms with Gasteiger partial charge in [-0.1, -0.05) is 6.92 Å². The maximum atomic E-state index is 5.04. The van der Waals surface area contributed by atoms with Crippen LogP contribution in [0.15, 0.2) is 4.99 Å². The van der Waals surface area contributed by atoms with Crippen LogP contribution in [0, 0.1) is 0 Å². The quantitative estimate of drug-likeness (QED) is 0.283. The molecule has 0 spiro atoms. The molecule has 0 amide bonds. The second kappa shape index (κ2) is 12.6. The molecule has 0 radical (unpaired) electrons. The average molecular weight is 398 g/mol. The van der Waals surface area contributed by atoms with Crippen molar-refractivity contribution in [1.82, 2.24) is 15.5 Å². The van der Waals surface area contributed by atoms with Gasteiger partial charge in [-0.05, 0) is 39.3 Å². The van der Waals surface area contributed by atoms with Gasteiger partial charge in [0.25, 0.3) is 0 Å². The van der Waals surface area contributed by atoms with Gasteiger partial charge in [-0.25, -0.2) is 0 Å². The summed E-state index contributed by atoms with van der Waals surface area (Å²) in [6.07, 6.45) is 3.85. The number of aliphatic imine (C=N–C) groups is 1. The van der Waals surface area contributed by atoms with Gasteiger partial charge in [-0.3, -0.25) is 9.89 Å². The number of nitrogens with one attached hydrogen (secondary N) is 2. The van der Waals surface area contributed by atoms with E-state index in [4.69, 9.17) is 9.73 Å². The van der Waals surface area contributed by atoms with Crippen LogP contribution < -0.4 is 10.6 Å². The lowest BCUT2D eigenvalue weighted by Gasteiger charge is -2.25. The van der Waals surface area contributed by atoms with Crippen molar-refractivity contribution < 1.29 is 4.74 Å².